The van der Waals surface area contributed by atoms with E-state index in [4.69, 9.17) is 4.74 Å². The molecule has 1 aromatic heterocycles. The van der Waals surface area contributed by atoms with Gasteiger partial charge in [0.25, 0.3) is 5.91 Å². The first kappa shape index (κ1) is 17.2. The summed E-state index contributed by atoms with van der Waals surface area (Å²) in [6, 6.07) is 18.5. The fraction of sp³-hybridized carbons (Fsp3) is 0.286. The Morgan fingerprint density at radius 2 is 1.88 bits per heavy atom. The SMILES string of the molecule is O=C(NC[C@H](c1cccs1)[NH+]1CCOCC1)c1ccc2ccccc2c1. The highest BCUT2D eigenvalue weighted by Crippen LogP contribution is 2.18. The lowest BCUT2D eigenvalue weighted by molar-refractivity contribution is -0.937. The first-order valence-corrected chi connectivity index (χ1v) is 9.92. The third kappa shape index (κ3) is 3.80. The third-order valence-electron chi connectivity index (χ3n) is 4.99. The zero-order chi connectivity index (χ0) is 17.8. The van der Waals surface area contributed by atoms with Crippen LogP contribution in [0.4, 0.5) is 0 Å². The average Bonchev–Trinajstić information content (AvgIpc) is 3.23. The van der Waals surface area contributed by atoms with E-state index in [1.54, 1.807) is 11.3 Å². The van der Waals surface area contributed by atoms with Gasteiger partial charge in [0.05, 0.1) is 24.6 Å². The van der Waals surface area contributed by atoms with Gasteiger partial charge in [-0.15, -0.1) is 11.3 Å². The number of morpholine rings is 1. The molecule has 2 N–H and O–H groups in total. The van der Waals surface area contributed by atoms with Crippen molar-refractivity contribution < 1.29 is 14.4 Å². The minimum Gasteiger partial charge on any atom is -0.370 e. The van der Waals surface area contributed by atoms with Crippen molar-refractivity contribution in [1.82, 2.24) is 5.32 Å². The Kier molecular flexibility index (Phi) is 5.29. The standard InChI is InChI=1S/C21H22N2O2S/c24-21(18-8-7-16-4-1-2-5-17(16)14-18)22-15-19(20-6-3-13-26-20)23-9-11-25-12-10-23/h1-8,13-14,19H,9-12,15H2,(H,22,24)/p+1/t19-/m1/s1. The molecule has 0 aliphatic carbocycles. The monoisotopic (exact) mass is 367 g/mol. The zero-order valence-electron chi connectivity index (χ0n) is 14.6. The van der Waals surface area contributed by atoms with Crippen molar-refractivity contribution in [1.29, 1.82) is 0 Å². The number of rotatable bonds is 5. The van der Waals surface area contributed by atoms with Crippen molar-refractivity contribution in [2.45, 2.75) is 6.04 Å². The van der Waals surface area contributed by atoms with Crippen molar-refractivity contribution in [3.05, 3.63) is 70.4 Å². The van der Waals surface area contributed by atoms with Gasteiger partial charge in [-0.25, -0.2) is 0 Å². The van der Waals surface area contributed by atoms with E-state index < -0.39 is 0 Å². The van der Waals surface area contributed by atoms with E-state index in [0.29, 0.717) is 12.1 Å². The molecule has 4 rings (SSSR count). The van der Waals surface area contributed by atoms with Gasteiger partial charge in [0, 0.05) is 5.56 Å². The first-order valence-electron chi connectivity index (χ1n) is 9.04. The third-order valence-corrected chi connectivity index (χ3v) is 5.98. The maximum absolute atomic E-state index is 12.7. The summed E-state index contributed by atoms with van der Waals surface area (Å²) in [5, 5.41) is 7.50. The van der Waals surface area contributed by atoms with Gasteiger partial charge in [-0.3, -0.25) is 4.79 Å². The minimum absolute atomic E-state index is 0.00929. The summed E-state index contributed by atoms with van der Waals surface area (Å²) >= 11 is 1.76. The molecule has 1 atom stereocenters. The van der Waals surface area contributed by atoms with E-state index in [2.05, 4.69) is 28.9 Å². The van der Waals surface area contributed by atoms with Gasteiger partial charge in [0.15, 0.2) is 0 Å². The number of carbonyl (C=O) groups excluding carboxylic acids is 1. The second-order valence-corrected chi connectivity index (χ2v) is 7.59. The van der Waals surface area contributed by atoms with Gasteiger partial charge in [-0.1, -0.05) is 36.4 Å². The van der Waals surface area contributed by atoms with Crippen LogP contribution >= 0.6 is 11.3 Å². The molecule has 0 radical (unpaired) electrons. The maximum Gasteiger partial charge on any atom is 0.251 e. The summed E-state index contributed by atoms with van der Waals surface area (Å²) in [4.78, 5) is 15.5. The smallest absolute Gasteiger partial charge is 0.251 e. The number of fused-ring (bicyclic) bond motifs is 1. The molecule has 2 heterocycles. The molecule has 1 amide bonds. The summed E-state index contributed by atoms with van der Waals surface area (Å²) < 4.78 is 5.50. The lowest BCUT2D eigenvalue weighted by Crippen LogP contribution is -3.15. The minimum atomic E-state index is -0.00929. The average molecular weight is 367 g/mol. The number of benzene rings is 2. The molecular weight excluding hydrogens is 344 g/mol. The molecule has 0 unspecified atom stereocenters. The second-order valence-electron chi connectivity index (χ2n) is 6.61. The van der Waals surface area contributed by atoms with E-state index in [-0.39, 0.29) is 11.9 Å². The van der Waals surface area contributed by atoms with Gasteiger partial charge in [-0.05, 0) is 34.4 Å². The van der Waals surface area contributed by atoms with Crippen LogP contribution in [-0.2, 0) is 4.74 Å². The van der Waals surface area contributed by atoms with Crippen molar-refractivity contribution in [2.75, 3.05) is 32.8 Å². The predicted molar refractivity (Wildman–Crippen MR) is 105 cm³/mol. The van der Waals surface area contributed by atoms with Crippen molar-refractivity contribution in [2.24, 2.45) is 0 Å². The lowest BCUT2D eigenvalue weighted by atomic mass is 10.1. The summed E-state index contributed by atoms with van der Waals surface area (Å²) in [7, 11) is 0. The number of amides is 1. The molecule has 0 saturated carbocycles. The van der Waals surface area contributed by atoms with Gasteiger partial charge < -0.3 is 15.0 Å². The van der Waals surface area contributed by atoms with Crippen molar-refractivity contribution in [3.8, 4) is 0 Å². The Balaban J connectivity index is 1.48. The molecular formula is C21H23N2O2S+. The molecule has 1 saturated heterocycles. The highest BCUT2D eigenvalue weighted by Gasteiger charge is 2.27. The van der Waals surface area contributed by atoms with Gasteiger partial charge in [0.2, 0.25) is 0 Å². The molecule has 0 spiro atoms. The van der Waals surface area contributed by atoms with Crippen LogP contribution in [0.2, 0.25) is 0 Å². The Bertz CT molecular complexity index is 873. The number of nitrogens with one attached hydrogen (secondary N) is 2. The largest absolute Gasteiger partial charge is 0.370 e. The highest BCUT2D eigenvalue weighted by atomic mass is 32.1. The van der Waals surface area contributed by atoms with Crippen LogP contribution in [0.15, 0.2) is 60.0 Å². The molecule has 134 valence electrons. The highest BCUT2D eigenvalue weighted by molar-refractivity contribution is 7.10. The van der Waals surface area contributed by atoms with E-state index in [9.17, 15) is 4.79 Å². The first-order chi connectivity index (χ1) is 12.8. The van der Waals surface area contributed by atoms with Gasteiger partial charge in [-0.2, -0.15) is 0 Å². The summed E-state index contributed by atoms with van der Waals surface area (Å²) in [6.07, 6.45) is 0. The van der Waals surface area contributed by atoms with Crippen LogP contribution in [0, 0.1) is 0 Å². The topological polar surface area (TPSA) is 42.8 Å². The van der Waals surface area contributed by atoms with Crippen LogP contribution in [0.5, 0.6) is 0 Å². The zero-order valence-corrected chi connectivity index (χ0v) is 15.4. The van der Waals surface area contributed by atoms with Crippen LogP contribution < -0.4 is 10.2 Å². The Labute approximate surface area is 157 Å². The van der Waals surface area contributed by atoms with Gasteiger partial charge in [0.1, 0.15) is 19.1 Å². The Morgan fingerprint density at radius 1 is 1.08 bits per heavy atom. The number of hydrogen-bond acceptors (Lipinski definition) is 3. The fourth-order valence-corrected chi connectivity index (χ4v) is 4.43. The lowest BCUT2D eigenvalue weighted by Gasteiger charge is -2.31. The summed E-state index contributed by atoms with van der Waals surface area (Å²) in [5.41, 5.74) is 0.714. The van der Waals surface area contributed by atoms with Crippen molar-refractivity contribution >= 4 is 28.0 Å². The summed E-state index contributed by atoms with van der Waals surface area (Å²) in [6.45, 7) is 4.18. The number of ether oxygens (including phenoxy) is 1. The van der Waals surface area contributed by atoms with Crippen LogP contribution in [0.3, 0.4) is 0 Å². The van der Waals surface area contributed by atoms with Crippen LogP contribution in [0.1, 0.15) is 21.3 Å². The molecule has 2 aromatic carbocycles. The number of thiophene rings is 1. The quantitative estimate of drug-likeness (QED) is 0.727. The Morgan fingerprint density at radius 3 is 2.65 bits per heavy atom. The molecule has 3 aromatic rings. The van der Waals surface area contributed by atoms with Crippen LogP contribution in [0.25, 0.3) is 10.8 Å². The molecule has 26 heavy (non-hydrogen) atoms. The fourth-order valence-electron chi connectivity index (χ4n) is 3.55. The van der Waals surface area contributed by atoms with Gasteiger partial charge >= 0.3 is 0 Å². The summed E-state index contributed by atoms with van der Waals surface area (Å²) in [5.74, 6) is -0.00929. The number of quaternary nitrogens is 1. The van der Waals surface area contributed by atoms with E-state index in [1.807, 2.05) is 36.4 Å². The normalized spacial score (nSPS) is 16.5. The second kappa shape index (κ2) is 7.99. The Hall–Kier alpha value is -2.21. The van der Waals surface area contributed by atoms with Crippen LogP contribution in [-0.4, -0.2) is 38.8 Å². The number of carbonyl (C=O) groups is 1. The molecule has 4 nitrogen and oxygen atoms in total. The number of hydrogen-bond donors (Lipinski definition) is 2. The maximum atomic E-state index is 12.7. The van der Waals surface area contributed by atoms with E-state index in [0.717, 1.165) is 37.1 Å². The predicted octanol–water partition coefficient (Wildman–Crippen LogP) is 2.29. The molecule has 1 aliphatic rings. The molecule has 1 aliphatic heterocycles. The van der Waals surface area contributed by atoms with E-state index >= 15 is 0 Å². The molecule has 0 bridgehead atoms. The molecule has 5 heteroatoms. The van der Waals surface area contributed by atoms with E-state index in [1.165, 1.54) is 9.78 Å². The molecule has 1 fully saturated rings. The van der Waals surface area contributed by atoms with Crippen molar-refractivity contribution in [3.63, 3.8) is 0 Å².